The lowest BCUT2D eigenvalue weighted by molar-refractivity contribution is -0.118. The van der Waals surface area contributed by atoms with Crippen LogP contribution in [0.15, 0.2) is 6.07 Å². The van der Waals surface area contributed by atoms with Gasteiger partial charge in [0.05, 0.1) is 6.26 Å². The van der Waals surface area contributed by atoms with Gasteiger partial charge in [0, 0.05) is 36.8 Å². The molecule has 2 N–H and O–H groups in total. The number of sulfonamides is 1. The van der Waals surface area contributed by atoms with E-state index in [1.165, 1.54) is 10.6 Å². The van der Waals surface area contributed by atoms with Gasteiger partial charge < -0.3 is 5.73 Å². The second-order valence-electron chi connectivity index (χ2n) is 5.79. The second kappa shape index (κ2) is 6.70. The minimum Gasteiger partial charge on any atom is -0.370 e. The van der Waals surface area contributed by atoms with Gasteiger partial charge in [-0.3, -0.25) is 4.79 Å². The van der Waals surface area contributed by atoms with Gasteiger partial charge in [-0.2, -0.15) is 0 Å². The van der Waals surface area contributed by atoms with Crippen LogP contribution < -0.4 is 5.73 Å². The first kappa shape index (κ1) is 16.8. The van der Waals surface area contributed by atoms with Crippen LogP contribution in [0.2, 0.25) is 0 Å². The minimum atomic E-state index is -3.19. The summed E-state index contributed by atoms with van der Waals surface area (Å²) in [5.74, 6) is 0.294. The highest BCUT2D eigenvalue weighted by Crippen LogP contribution is 2.26. The molecular weight excluding hydrogens is 304 g/mol. The van der Waals surface area contributed by atoms with E-state index in [0.717, 1.165) is 24.2 Å². The van der Waals surface area contributed by atoms with Crippen LogP contribution in [0.1, 0.15) is 42.4 Å². The SMILES string of the molecule is Cc1cc(CCC(N)=O)nc([C@@H]2CCCN(S(C)(=O)=O)C2)n1. The molecular formula is C14H22N4O3S. The number of aryl methyl sites for hydroxylation is 2. The Labute approximate surface area is 131 Å². The van der Waals surface area contributed by atoms with Crippen LogP contribution in [0.25, 0.3) is 0 Å². The third-order valence-electron chi connectivity index (χ3n) is 3.77. The predicted molar refractivity (Wildman–Crippen MR) is 82.7 cm³/mol. The number of amides is 1. The number of carbonyl (C=O) groups excluding carboxylic acids is 1. The molecule has 8 heteroatoms. The number of nitrogens with two attached hydrogens (primary N) is 1. The summed E-state index contributed by atoms with van der Waals surface area (Å²) in [5.41, 5.74) is 6.77. The van der Waals surface area contributed by atoms with Gasteiger partial charge >= 0.3 is 0 Å². The summed E-state index contributed by atoms with van der Waals surface area (Å²) in [5, 5.41) is 0. The molecule has 1 aliphatic rings. The molecule has 0 radical (unpaired) electrons. The van der Waals surface area contributed by atoms with Crippen molar-refractivity contribution in [3.63, 3.8) is 0 Å². The minimum absolute atomic E-state index is 0.00398. The summed E-state index contributed by atoms with van der Waals surface area (Å²) >= 11 is 0. The fraction of sp³-hybridized carbons (Fsp3) is 0.643. The molecule has 1 atom stereocenters. The summed E-state index contributed by atoms with van der Waals surface area (Å²) in [7, 11) is -3.19. The zero-order valence-electron chi connectivity index (χ0n) is 12.9. The van der Waals surface area contributed by atoms with Gasteiger partial charge in [0.1, 0.15) is 5.82 Å². The Kier molecular flexibility index (Phi) is 5.12. The predicted octanol–water partition coefficient (Wildman–Crippen LogP) is 0.342. The number of carbonyl (C=O) groups is 1. The van der Waals surface area contributed by atoms with Crippen LogP contribution in [0.3, 0.4) is 0 Å². The van der Waals surface area contributed by atoms with E-state index in [1.54, 1.807) is 0 Å². The third-order valence-corrected chi connectivity index (χ3v) is 5.04. The van der Waals surface area contributed by atoms with E-state index in [-0.39, 0.29) is 18.2 Å². The third kappa shape index (κ3) is 4.48. The molecule has 122 valence electrons. The Morgan fingerprint density at radius 3 is 2.82 bits per heavy atom. The van der Waals surface area contributed by atoms with Gasteiger partial charge in [0.2, 0.25) is 15.9 Å². The Bertz CT molecular complexity index is 660. The Balaban J connectivity index is 2.18. The molecule has 22 heavy (non-hydrogen) atoms. The van der Waals surface area contributed by atoms with Crippen molar-refractivity contribution < 1.29 is 13.2 Å². The van der Waals surface area contributed by atoms with E-state index in [0.29, 0.717) is 25.3 Å². The monoisotopic (exact) mass is 326 g/mol. The molecule has 2 rings (SSSR count). The van der Waals surface area contributed by atoms with Crippen molar-refractivity contribution in [1.29, 1.82) is 0 Å². The maximum Gasteiger partial charge on any atom is 0.217 e. The van der Waals surface area contributed by atoms with E-state index in [1.807, 2.05) is 13.0 Å². The largest absolute Gasteiger partial charge is 0.370 e. The average Bonchev–Trinajstić information content (AvgIpc) is 2.44. The molecule has 0 saturated carbocycles. The van der Waals surface area contributed by atoms with Gasteiger partial charge in [-0.25, -0.2) is 22.7 Å². The van der Waals surface area contributed by atoms with E-state index in [9.17, 15) is 13.2 Å². The Hall–Kier alpha value is -1.54. The molecule has 0 aliphatic carbocycles. The normalized spacial score (nSPS) is 20.0. The fourth-order valence-corrected chi connectivity index (χ4v) is 3.59. The number of hydrogen-bond acceptors (Lipinski definition) is 5. The number of nitrogens with zero attached hydrogens (tertiary/aromatic N) is 3. The zero-order valence-corrected chi connectivity index (χ0v) is 13.8. The van der Waals surface area contributed by atoms with Crippen molar-refractivity contribution in [1.82, 2.24) is 14.3 Å². The highest BCUT2D eigenvalue weighted by atomic mass is 32.2. The standard InChI is InChI=1S/C14H22N4O3S/c1-10-8-12(5-6-13(15)19)17-14(16-10)11-4-3-7-18(9-11)22(2,20)21/h8,11H,3-7,9H2,1-2H3,(H2,15,19)/t11-/m1/s1. The lowest BCUT2D eigenvalue weighted by Crippen LogP contribution is -2.38. The van der Waals surface area contributed by atoms with Crippen molar-refractivity contribution in [2.24, 2.45) is 5.73 Å². The molecule has 7 nitrogen and oxygen atoms in total. The Morgan fingerprint density at radius 2 is 2.18 bits per heavy atom. The maximum atomic E-state index is 11.7. The van der Waals surface area contributed by atoms with E-state index < -0.39 is 10.0 Å². The highest BCUT2D eigenvalue weighted by Gasteiger charge is 2.28. The van der Waals surface area contributed by atoms with Gasteiger partial charge in [0.25, 0.3) is 0 Å². The molecule has 2 heterocycles. The number of primary amides is 1. The van der Waals surface area contributed by atoms with Crippen LogP contribution in [0.4, 0.5) is 0 Å². The molecule has 0 bridgehead atoms. The summed E-state index contributed by atoms with van der Waals surface area (Å²) in [4.78, 5) is 19.9. The van der Waals surface area contributed by atoms with Gasteiger partial charge in [-0.05, 0) is 32.3 Å². The van der Waals surface area contributed by atoms with Crippen molar-refractivity contribution in [2.75, 3.05) is 19.3 Å². The summed E-state index contributed by atoms with van der Waals surface area (Å²) < 4.78 is 24.9. The fourth-order valence-electron chi connectivity index (χ4n) is 2.67. The zero-order chi connectivity index (χ0) is 16.3. The van der Waals surface area contributed by atoms with Crippen molar-refractivity contribution in [3.05, 3.63) is 23.3 Å². The van der Waals surface area contributed by atoms with Gasteiger partial charge in [-0.15, -0.1) is 0 Å². The van der Waals surface area contributed by atoms with Crippen LogP contribution in [0.5, 0.6) is 0 Å². The molecule has 0 spiro atoms. The molecule has 0 aromatic carbocycles. The van der Waals surface area contributed by atoms with Crippen molar-refractivity contribution >= 4 is 15.9 Å². The molecule has 1 saturated heterocycles. The second-order valence-corrected chi connectivity index (χ2v) is 7.77. The Morgan fingerprint density at radius 1 is 1.45 bits per heavy atom. The lowest BCUT2D eigenvalue weighted by atomic mass is 9.98. The summed E-state index contributed by atoms with van der Waals surface area (Å²) in [6.45, 7) is 2.84. The van der Waals surface area contributed by atoms with Crippen molar-refractivity contribution in [3.8, 4) is 0 Å². The van der Waals surface area contributed by atoms with E-state index in [4.69, 9.17) is 5.73 Å². The van der Waals surface area contributed by atoms with Crippen LogP contribution in [0, 0.1) is 6.92 Å². The first-order valence-electron chi connectivity index (χ1n) is 7.33. The van der Waals surface area contributed by atoms with E-state index in [2.05, 4.69) is 9.97 Å². The molecule has 1 aromatic rings. The lowest BCUT2D eigenvalue weighted by Gasteiger charge is -2.30. The van der Waals surface area contributed by atoms with Crippen LogP contribution >= 0.6 is 0 Å². The maximum absolute atomic E-state index is 11.7. The molecule has 0 unspecified atom stereocenters. The van der Waals surface area contributed by atoms with Crippen molar-refractivity contribution in [2.45, 2.75) is 38.5 Å². The number of aromatic nitrogens is 2. The first-order valence-corrected chi connectivity index (χ1v) is 9.18. The number of piperidine rings is 1. The first-order chi connectivity index (χ1) is 10.3. The summed E-state index contributed by atoms with van der Waals surface area (Å²) in [6, 6.07) is 1.84. The quantitative estimate of drug-likeness (QED) is 0.840. The molecule has 1 fully saturated rings. The molecule has 1 aromatic heterocycles. The molecule has 1 amide bonds. The van der Waals surface area contributed by atoms with Crippen LogP contribution in [-0.4, -0.2) is 47.9 Å². The van der Waals surface area contributed by atoms with Gasteiger partial charge in [0.15, 0.2) is 0 Å². The van der Waals surface area contributed by atoms with Gasteiger partial charge in [-0.1, -0.05) is 0 Å². The highest BCUT2D eigenvalue weighted by molar-refractivity contribution is 7.88. The summed E-state index contributed by atoms with van der Waals surface area (Å²) in [6.07, 6.45) is 3.62. The number of hydrogen-bond donors (Lipinski definition) is 1. The average molecular weight is 326 g/mol. The smallest absolute Gasteiger partial charge is 0.217 e. The van der Waals surface area contributed by atoms with Crippen LogP contribution in [-0.2, 0) is 21.2 Å². The van der Waals surface area contributed by atoms with E-state index >= 15 is 0 Å². The topological polar surface area (TPSA) is 106 Å². The number of rotatable bonds is 5. The molecule has 1 aliphatic heterocycles.